The normalized spacial score (nSPS) is 16.8. The molecule has 1 aliphatic rings. The average Bonchev–Trinajstić information content (AvgIpc) is 3.39. The van der Waals surface area contributed by atoms with Crippen molar-refractivity contribution >= 4 is 52.1 Å². The molecule has 1 aliphatic heterocycles. The minimum Gasteiger partial charge on any atom is -0.352 e. The van der Waals surface area contributed by atoms with Gasteiger partial charge in [-0.05, 0) is 80.2 Å². The van der Waals surface area contributed by atoms with Gasteiger partial charge in [0.1, 0.15) is 5.82 Å². The van der Waals surface area contributed by atoms with Crippen molar-refractivity contribution in [2.45, 2.75) is 32.4 Å². The Bertz CT molecular complexity index is 1540. The molecule has 4 aromatic rings. The van der Waals surface area contributed by atoms with E-state index in [0.717, 1.165) is 28.3 Å². The first kappa shape index (κ1) is 27.1. The Morgan fingerprint density at radius 1 is 1.10 bits per heavy atom. The van der Waals surface area contributed by atoms with Crippen molar-refractivity contribution in [1.82, 2.24) is 19.8 Å². The summed E-state index contributed by atoms with van der Waals surface area (Å²) in [7, 11) is 0. The number of carbonyl (C=O) groups is 1. The second-order valence-electron chi connectivity index (χ2n) is 9.36. The van der Waals surface area contributed by atoms with Crippen LogP contribution in [0.4, 0.5) is 10.1 Å². The van der Waals surface area contributed by atoms with Crippen molar-refractivity contribution in [3.8, 4) is 5.69 Å². The van der Waals surface area contributed by atoms with Crippen molar-refractivity contribution in [2.75, 3.05) is 11.9 Å². The second kappa shape index (κ2) is 11.3. The van der Waals surface area contributed by atoms with Gasteiger partial charge in [-0.25, -0.2) is 4.39 Å². The van der Waals surface area contributed by atoms with Crippen molar-refractivity contribution in [3.63, 3.8) is 0 Å². The molecule has 10 heteroatoms. The first-order chi connectivity index (χ1) is 18.7. The fourth-order valence-corrected chi connectivity index (χ4v) is 5.93. The molecular weight excluding hydrogens is 556 g/mol. The van der Waals surface area contributed by atoms with Gasteiger partial charge in [0.05, 0.1) is 34.2 Å². The first-order valence-corrected chi connectivity index (χ1v) is 13.6. The van der Waals surface area contributed by atoms with Gasteiger partial charge in [-0.1, -0.05) is 41.4 Å². The number of aromatic nitrogens is 2. The highest BCUT2D eigenvalue weighted by Gasteiger charge is 2.41. The molecule has 1 fully saturated rings. The molecule has 0 spiro atoms. The zero-order chi connectivity index (χ0) is 27.7. The molecule has 2 N–H and O–H groups in total. The minimum atomic E-state index is -0.481. The maximum absolute atomic E-state index is 14.1. The Labute approximate surface area is 241 Å². The van der Waals surface area contributed by atoms with E-state index in [0.29, 0.717) is 21.7 Å². The minimum absolute atomic E-state index is 0.114. The summed E-state index contributed by atoms with van der Waals surface area (Å²) < 4.78 is 16.2. The molecule has 5 rings (SSSR count). The van der Waals surface area contributed by atoms with E-state index in [9.17, 15) is 9.18 Å². The summed E-state index contributed by atoms with van der Waals surface area (Å²) in [6.07, 6.45) is 1.86. The number of anilines is 1. The Morgan fingerprint density at radius 2 is 1.87 bits per heavy atom. The molecule has 39 heavy (non-hydrogen) atoms. The van der Waals surface area contributed by atoms with E-state index in [4.69, 9.17) is 35.4 Å². The zero-order valence-corrected chi connectivity index (χ0v) is 23.6. The lowest BCUT2D eigenvalue weighted by molar-refractivity contribution is -0.116. The van der Waals surface area contributed by atoms with Gasteiger partial charge in [-0.15, -0.1) is 0 Å². The van der Waals surface area contributed by atoms with Crippen LogP contribution in [0.3, 0.4) is 0 Å². The number of hydrogen-bond donors (Lipinski definition) is 2. The fraction of sp³-hybridized carbons (Fsp3) is 0.207. The van der Waals surface area contributed by atoms with E-state index in [1.165, 1.54) is 12.1 Å². The lowest BCUT2D eigenvalue weighted by Gasteiger charge is -2.28. The number of nitrogens with zero attached hydrogens (tertiary/aromatic N) is 3. The highest BCUT2D eigenvalue weighted by molar-refractivity contribution is 7.80. The summed E-state index contributed by atoms with van der Waals surface area (Å²) in [6.45, 7) is 4.38. The molecule has 1 saturated heterocycles. The maximum Gasteiger partial charge on any atom is 0.226 e. The molecule has 0 saturated carbocycles. The third kappa shape index (κ3) is 5.50. The smallest absolute Gasteiger partial charge is 0.226 e. The van der Waals surface area contributed by atoms with Gasteiger partial charge in [0.2, 0.25) is 5.91 Å². The van der Waals surface area contributed by atoms with Crippen molar-refractivity contribution in [2.24, 2.45) is 0 Å². The van der Waals surface area contributed by atoms with Crippen LogP contribution in [0.25, 0.3) is 5.69 Å². The van der Waals surface area contributed by atoms with Crippen LogP contribution in [0.2, 0.25) is 10.0 Å². The number of pyridine rings is 1. The predicted molar refractivity (Wildman–Crippen MR) is 157 cm³/mol. The van der Waals surface area contributed by atoms with Crippen LogP contribution in [-0.4, -0.2) is 32.0 Å². The molecular formula is C29H26Cl2FN5OS. The highest BCUT2D eigenvalue weighted by atomic mass is 35.5. The van der Waals surface area contributed by atoms with Crippen LogP contribution in [0, 0.1) is 19.7 Å². The maximum atomic E-state index is 14.1. The number of benzene rings is 2. The fourth-order valence-electron chi connectivity index (χ4n) is 5.10. The van der Waals surface area contributed by atoms with Crippen LogP contribution < -0.4 is 10.6 Å². The molecule has 0 bridgehead atoms. The molecule has 2 aromatic carbocycles. The standard InChI is InChI=1S/C29H26Cl2FN5OS/c1-17-15-20(18(2)37(17)25-11-10-19(30)16-21(25)31)28-27(24-9-5-6-13-33-24)35-29(39)36(28)14-12-26(38)34-23-8-4-3-7-22(23)32/h3-11,13,15-16,27-28H,12,14H2,1-2H3,(H,34,38)(H,35,39)/t27-,28-/m1/s1. The third-order valence-corrected chi connectivity index (χ3v) is 7.76. The van der Waals surface area contributed by atoms with Crippen LogP contribution in [-0.2, 0) is 4.79 Å². The Balaban J connectivity index is 1.49. The summed E-state index contributed by atoms with van der Waals surface area (Å²) in [5.41, 5.74) is 4.79. The number of thiocarbonyl (C=S) groups is 1. The number of amides is 1. The number of para-hydroxylation sites is 1. The van der Waals surface area contributed by atoms with Crippen LogP contribution >= 0.6 is 35.4 Å². The van der Waals surface area contributed by atoms with Crippen molar-refractivity contribution in [1.29, 1.82) is 0 Å². The molecule has 3 heterocycles. The Hall–Kier alpha value is -3.46. The molecule has 2 aromatic heterocycles. The van der Waals surface area contributed by atoms with Gasteiger partial charge in [0.15, 0.2) is 5.11 Å². The predicted octanol–water partition coefficient (Wildman–Crippen LogP) is 6.94. The lowest BCUT2D eigenvalue weighted by atomic mass is 9.96. The lowest BCUT2D eigenvalue weighted by Crippen LogP contribution is -2.33. The Kier molecular flexibility index (Phi) is 7.88. The number of carbonyl (C=O) groups excluding carboxylic acids is 1. The molecule has 6 nitrogen and oxygen atoms in total. The van der Waals surface area contributed by atoms with Gasteiger partial charge >= 0.3 is 0 Å². The largest absolute Gasteiger partial charge is 0.352 e. The summed E-state index contributed by atoms with van der Waals surface area (Å²) in [6, 6.07) is 18.9. The van der Waals surface area contributed by atoms with Gasteiger partial charge < -0.3 is 20.1 Å². The monoisotopic (exact) mass is 581 g/mol. The SMILES string of the molecule is Cc1cc([C@@H]2[C@@H](c3ccccn3)NC(=S)N2CCC(=O)Nc2ccccc2F)c(C)n1-c1ccc(Cl)cc1Cl. The number of halogens is 3. The summed E-state index contributed by atoms with van der Waals surface area (Å²) in [5.74, 6) is -0.785. The molecule has 200 valence electrons. The third-order valence-electron chi connectivity index (χ3n) is 6.87. The van der Waals surface area contributed by atoms with Gasteiger partial charge in [-0.2, -0.15) is 0 Å². The van der Waals surface area contributed by atoms with E-state index in [2.05, 4.69) is 26.3 Å². The van der Waals surface area contributed by atoms with E-state index >= 15 is 0 Å². The summed E-state index contributed by atoms with van der Waals surface area (Å²) in [5, 5.41) is 7.69. The average molecular weight is 583 g/mol. The van der Waals surface area contributed by atoms with Crippen LogP contribution in [0.5, 0.6) is 0 Å². The van der Waals surface area contributed by atoms with Crippen LogP contribution in [0.1, 0.15) is 41.1 Å². The van der Waals surface area contributed by atoms with Crippen molar-refractivity contribution < 1.29 is 9.18 Å². The highest BCUT2D eigenvalue weighted by Crippen LogP contribution is 2.42. The Morgan fingerprint density at radius 3 is 2.59 bits per heavy atom. The second-order valence-corrected chi connectivity index (χ2v) is 10.6. The molecule has 1 amide bonds. The summed E-state index contributed by atoms with van der Waals surface area (Å²) >= 11 is 18.5. The molecule has 0 aliphatic carbocycles. The molecule has 2 atom stereocenters. The number of hydrogen-bond acceptors (Lipinski definition) is 3. The zero-order valence-electron chi connectivity index (χ0n) is 21.3. The van der Waals surface area contributed by atoms with E-state index < -0.39 is 5.82 Å². The first-order valence-electron chi connectivity index (χ1n) is 12.4. The van der Waals surface area contributed by atoms with Gasteiger partial charge in [0.25, 0.3) is 0 Å². The number of rotatable bonds is 7. The van der Waals surface area contributed by atoms with E-state index in [-0.39, 0.29) is 30.1 Å². The van der Waals surface area contributed by atoms with Crippen LogP contribution in [0.15, 0.2) is 72.9 Å². The number of aryl methyl sites for hydroxylation is 1. The quantitative estimate of drug-likeness (QED) is 0.231. The van der Waals surface area contributed by atoms with Gasteiger partial charge in [-0.3, -0.25) is 9.78 Å². The van der Waals surface area contributed by atoms with Gasteiger partial charge in [0, 0.05) is 35.6 Å². The molecule has 0 radical (unpaired) electrons. The summed E-state index contributed by atoms with van der Waals surface area (Å²) in [4.78, 5) is 19.4. The van der Waals surface area contributed by atoms with Crippen molar-refractivity contribution in [3.05, 3.63) is 111 Å². The van der Waals surface area contributed by atoms with E-state index in [1.54, 1.807) is 24.4 Å². The van der Waals surface area contributed by atoms with E-state index in [1.807, 2.05) is 49.1 Å². The number of nitrogens with one attached hydrogen (secondary N) is 2. The topological polar surface area (TPSA) is 62.2 Å². The molecule has 0 unspecified atom stereocenters.